The number of halogens is 1. The lowest BCUT2D eigenvalue weighted by Crippen LogP contribution is -2.61. The van der Waals surface area contributed by atoms with Crippen LogP contribution < -0.4 is 15.1 Å². The van der Waals surface area contributed by atoms with Crippen molar-refractivity contribution in [3.05, 3.63) is 63.2 Å². The number of rotatable bonds is 6. The first kappa shape index (κ1) is 23.8. The third kappa shape index (κ3) is 5.22. The number of carbonyl (C=O) groups excluding carboxylic acids is 1. The van der Waals surface area contributed by atoms with Crippen molar-refractivity contribution in [1.29, 1.82) is 0 Å². The number of fused-ring (bicyclic) bond motifs is 3. The van der Waals surface area contributed by atoms with Gasteiger partial charge in [0, 0.05) is 74.3 Å². The number of carbonyl (C=O) groups is 1. The minimum Gasteiger partial charge on any atom is -0.379 e. The van der Waals surface area contributed by atoms with Crippen molar-refractivity contribution in [3.63, 3.8) is 0 Å². The summed E-state index contributed by atoms with van der Waals surface area (Å²) in [5, 5.41) is 15.2. The molecule has 2 fully saturated rings. The van der Waals surface area contributed by atoms with Gasteiger partial charge in [-0.25, -0.2) is 0 Å². The Morgan fingerprint density at radius 3 is 2.63 bits per heavy atom. The Morgan fingerprint density at radius 1 is 1.11 bits per heavy atom. The number of amides is 1. The molecule has 0 radical (unpaired) electrons. The van der Waals surface area contributed by atoms with E-state index in [1.54, 1.807) is 12.1 Å². The predicted molar refractivity (Wildman–Crippen MR) is 135 cm³/mol. The van der Waals surface area contributed by atoms with Crippen LogP contribution in [0.1, 0.15) is 5.56 Å². The van der Waals surface area contributed by atoms with E-state index in [-0.39, 0.29) is 28.5 Å². The number of nitrogens with one attached hydrogen (secondary N) is 1. The van der Waals surface area contributed by atoms with Crippen LogP contribution in [0, 0.1) is 16.0 Å². The minimum atomic E-state index is -0.373. The Labute approximate surface area is 209 Å². The molecule has 3 heterocycles. The van der Waals surface area contributed by atoms with Gasteiger partial charge < -0.3 is 19.9 Å². The molecule has 9 nitrogen and oxygen atoms in total. The van der Waals surface area contributed by atoms with Gasteiger partial charge in [0.05, 0.1) is 30.1 Å². The zero-order valence-corrected chi connectivity index (χ0v) is 20.3. The third-order valence-corrected chi connectivity index (χ3v) is 7.52. The Morgan fingerprint density at radius 2 is 1.89 bits per heavy atom. The quantitative estimate of drug-likeness (QED) is 0.482. The van der Waals surface area contributed by atoms with Gasteiger partial charge in [0.25, 0.3) is 5.69 Å². The van der Waals surface area contributed by atoms with Gasteiger partial charge in [-0.2, -0.15) is 0 Å². The number of nitro benzene ring substituents is 1. The molecule has 3 aliphatic heterocycles. The topological polar surface area (TPSA) is 91.2 Å². The largest absolute Gasteiger partial charge is 0.379 e. The number of morpholine rings is 1. The first-order chi connectivity index (χ1) is 17.0. The van der Waals surface area contributed by atoms with Crippen LogP contribution in [0.2, 0.25) is 5.02 Å². The number of non-ortho nitro benzene ring substituents is 1. The molecule has 186 valence electrons. The first-order valence-electron chi connectivity index (χ1n) is 12.1. The lowest BCUT2D eigenvalue weighted by Gasteiger charge is -2.49. The van der Waals surface area contributed by atoms with Crippen LogP contribution in [0.15, 0.2) is 42.5 Å². The highest BCUT2D eigenvalue weighted by atomic mass is 35.5. The maximum absolute atomic E-state index is 13.5. The van der Waals surface area contributed by atoms with Crippen molar-refractivity contribution in [2.24, 2.45) is 5.92 Å². The molecule has 5 rings (SSSR count). The van der Waals surface area contributed by atoms with Crippen molar-refractivity contribution in [2.75, 3.05) is 68.8 Å². The lowest BCUT2D eigenvalue weighted by molar-refractivity contribution is -0.384. The molecule has 0 saturated carbocycles. The molecule has 2 aromatic rings. The Bertz CT molecular complexity index is 1080. The van der Waals surface area contributed by atoms with Gasteiger partial charge >= 0.3 is 0 Å². The molecule has 0 unspecified atom stereocenters. The van der Waals surface area contributed by atoms with Crippen LogP contribution in [0.25, 0.3) is 0 Å². The number of anilines is 2. The summed E-state index contributed by atoms with van der Waals surface area (Å²) in [4.78, 5) is 31.3. The minimum absolute atomic E-state index is 0.00312. The van der Waals surface area contributed by atoms with E-state index in [1.165, 1.54) is 0 Å². The number of hydrogen-bond donors (Lipinski definition) is 1. The summed E-state index contributed by atoms with van der Waals surface area (Å²) in [5.41, 5.74) is 3.00. The molecule has 10 heteroatoms. The number of ether oxygens (including phenoxy) is 1. The molecule has 2 saturated heterocycles. The molecule has 0 bridgehead atoms. The van der Waals surface area contributed by atoms with Gasteiger partial charge in [-0.05, 0) is 42.3 Å². The second-order valence-electron chi connectivity index (χ2n) is 9.31. The fourth-order valence-corrected chi connectivity index (χ4v) is 5.53. The fourth-order valence-electron chi connectivity index (χ4n) is 5.40. The lowest BCUT2D eigenvalue weighted by atomic mass is 9.83. The molecule has 2 atom stereocenters. The van der Waals surface area contributed by atoms with Gasteiger partial charge in [-0.15, -0.1) is 0 Å². The van der Waals surface area contributed by atoms with E-state index < -0.39 is 0 Å². The average molecular weight is 500 g/mol. The van der Waals surface area contributed by atoms with Crippen LogP contribution in [-0.2, 0) is 16.0 Å². The van der Waals surface area contributed by atoms with Crippen molar-refractivity contribution in [1.82, 2.24) is 10.2 Å². The molecule has 3 aliphatic rings. The number of benzene rings is 2. The summed E-state index contributed by atoms with van der Waals surface area (Å²) in [6.07, 6.45) is 0.482. The Hall–Kier alpha value is -2.88. The molecule has 2 aromatic carbocycles. The zero-order valence-electron chi connectivity index (χ0n) is 19.6. The maximum Gasteiger partial charge on any atom is 0.269 e. The monoisotopic (exact) mass is 499 g/mol. The van der Waals surface area contributed by atoms with Crippen molar-refractivity contribution in [2.45, 2.75) is 12.5 Å². The van der Waals surface area contributed by atoms with E-state index in [2.05, 4.69) is 20.0 Å². The number of hydrogen-bond acceptors (Lipinski definition) is 7. The van der Waals surface area contributed by atoms with Crippen LogP contribution in [0.3, 0.4) is 0 Å². The van der Waals surface area contributed by atoms with Gasteiger partial charge in [0.15, 0.2) is 0 Å². The van der Waals surface area contributed by atoms with E-state index in [1.807, 2.05) is 30.3 Å². The average Bonchev–Trinajstić information content (AvgIpc) is 2.88. The summed E-state index contributed by atoms with van der Waals surface area (Å²) < 4.78 is 5.40. The molecular formula is C25H30ClN5O4. The smallest absolute Gasteiger partial charge is 0.269 e. The summed E-state index contributed by atoms with van der Waals surface area (Å²) in [7, 11) is 0. The molecule has 0 aliphatic carbocycles. The van der Waals surface area contributed by atoms with Crippen LogP contribution in [0.5, 0.6) is 0 Å². The second kappa shape index (κ2) is 10.4. The van der Waals surface area contributed by atoms with Crippen LogP contribution in [-0.4, -0.2) is 80.8 Å². The molecule has 1 amide bonds. The van der Waals surface area contributed by atoms with Gasteiger partial charge in [-0.1, -0.05) is 11.6 Å². The standard InChI is InChI=1S/C25H30ClN5O4/c26-19-1-3-20(4-2-19)29-9-10-30-23-6-5-21(31(33)34)15-18(23)16-22(24(30)17-29)25(32)27-7-8-28-11-13-35-14-12-28/h1-6,15,22,24H,7-14,16-17H2,(H,27,32)/t22-,24+/m0/s1. The summed E-state index contributed by atoms with van der Waals surface area (Å²) in [6.45, 7) is 6.79. The van der Waals surface area contributed by atoms with Gasteiger partial charge in [0.2, 0.25) is 5.91 Å². The SMILES string of the molecule is O=C(NCCN1CCOCC1)[C@H]1Cc2cc([N+](=O)[O-])ccc2N2CCN(c3ccc(Cl)cc3)C[C@H]12. The summed E-state index contributed by atoms with van der Waals surface area (Å²) in [5.74, 6) is -0.298. The van der Waals surface area contributed by atoms with Crippen molar-refractivity contribution < 1.29 is 14.5 Å². The molecular weight excluding hydrogens is 470 g/mol. The molecule has 35 heavy (non-hydrogen) atoms. The van der Waals surface area contributed by atoms with Crippen LogP contribution in [0.4, 0.5) is 17.1 Å². The van der Waals surface area contributed by atoms with Crippen LogP contribution >= 0.6 is 11.6 Å². The van der Waals surface area contributed by atoms with E-state index in [4.69, 9.17) is 16.3 Å². The van der Waals surface area contributed by atoms with Crippen molar-refractivity contribution >= 4 is 34.6 Å². The molecule has 1 N–H and O–H groups in total. The normalized spacial score (nSPS) is 22.3. The highest BCUT2D eigenvalue weighted by molar-refractivity contribution is 6.30. The first-order valence-corrected chi connectivity index (χ1v) is 12.5. The summed E-state index contributed by atoms with van der Waals surface area (Å²) in [6, 6.07) is 12.8. The number of nitrogens with zero attached hydrogens (tertiary/aromatic N) is 4. The summed E-state index contributed by atoms with van der Waals surface area (Å²) >= 11 is 6.08. The Balaban J connectivity index is 1.36. The highest BCUT2D eigenvalue weighted by Gasteiger charge is 2.42. The van der Waals surface area contributed by atoms with Crippen molar-refractivity contribution in [3.8, 4) is 0 Å². The number of piperazine rings is 1. The van der Waals surface area contributed by atoms with E-state index >= 15 is 0 Å². The van der Waals surface area contributed by atoms with Gasteiger partial charge in [0.1, 0.15) is 0 Å². The Kier molecular flexibility index (Phi) is 7.08. The highest BCUT2D eigenvalue weighted by Crippen LogP contribution is 2.38. The van der Waals surface area contributed by atoms with E-state index in [9.17, 15) is 14.9 Å². The van der Waals surface area contributed by atoms with E-state index in [0.717, 1.165) is 62.9 Å². The maximum atomic E-state index is 13.5. The molecule has 0 aromatic heterocycles. The fraction of sp³-hybridized carbons (Fsp3) is 0.480. The predicted octanol–water partition coefficient (Wildman–Crippen LogP) is 2.56. The van der Waals surface area contributed by atoms with Gasteiger partial charge in [-0.3, -0.25) is 19.8 Å². The third-order valence-electron chi connectivity index (χ3n) is 7.27. The number of nitro groups is 1. The zero-order chi connectivity index (χ0) is 24.4. The molecule has 0 spiro atoms. The van der Waals surface area contributed by atoms with E-state index in [0.29, 0.717) is 24.5 Å². The second-order valence-corrected chi connectivity index (χ2v) is 9.75.